The van der Waals surface area contributed by atoms with Crippen LogP contribution < -0.4 is 0 Å². The monoisotopic (exact) mass is 420 g/mol. The Balaban J connectivity index is 1.75. The van der Waals surface area contributed by atoms with Gasteiger partial charge in [-0.25, -0.2) is 0 Å². The lowest BCUT2D eigenvalue weighted by atomic mass is 9.81. The minimum Gasteiger partial charge on any atom is -0.481 e. The van der Waals surface area contributed by atoms with Gasteiger partial charge in [-0.1, -0.05) is 63.4 Å². The summed E-state index contributed by atoms with van der Waals surface area (Å²) in [5, 5.41) is 19.8. The predicted octanol–water partition coefficient (Wildman–Crippen LogP) is 5.12. The van der Waals surface area contributed by atoms with Crippen LogP contribution in [0.2, 0.25) is 0 Å². The minimum absolute atomic E-state index is 0.101. The molecule has 162 valence electrons. The number of carbonyl (C=O) groups is 2. The van der Waals surface area contributed by atoms with Crippen molar-refractivity contribution in [2.45, 2.75) is 83.0 Å². The third kappa shape index (κ3) is 8.13. The van der Waals surface area contributed by atoms with Gasteiger partial charge in [0.1, 0.15) is 5.78 Å². The minimum atomic E-state index is -0.735. The van der Waals surface area contributed by atoms with Gasteiger partial charge in [-0.2, -0.15) is 11.8 Å². The molecule has 5 heteroatoms. The Bertz CT molecular complexity index is 644. The van der Waals surface area contributed by atoms with Gasteiger partial charge in [-0.3, -0.25) is 9.59 Å². The van der Waals surface area contributed by atoms with E-state index in [0.717, 1.165) is 44.9 Å². The van der Waals surface area contributed by atoms with Gasteiger partial charge in [0.05, 0.1) is 6.10 Å². The number of hydrogen-bond acceptors (Lipinski definition) is 4. The summed E-state index contributed by atoms with van der Waals surface area (Å²) in [7, 11) is 0. The Labute approximate surface area is 179 Å². The van der Waals surface area contributed by atoms with Crippen LogP contribution in [0, 0.1) is 11.3 Å². The summed E-state index contributed by atoms with van der Waals surface area (Å²) in [4.78, 5) is 22.9. The van der Waals surface area contributed by atoms with Gasteiger partial charge in [-0.05, 0) is 36.7 Å². The Morgan fingerprint density at radius 2 is 1.86 bits per heavy atom. The van der Waals surface area contributed by atoms with Crippen LogP contribution in [0.4, 0.5) is 0 Å². The van der Waals surface area contributed by atoms with E-state index in [0.29, 0.717) is 23.2 Å². The Morgan fingerprint density at radius 3 is 2.55 bits per heavy atom. The molecule has 29 heavy (non-hydrogen) atoms. The lowest BCUT2D eigenvalue weighted by molar-refractivity contribution is -0.137. The second-order valence-corrected chi connectivity index (χ2v) is 10.3. The Morgan fingerprint density at radius 1 is 1.17 bits per heavy atom. The largest absolute Gasteiger partial charge is 0.481 e. The van der Waals surface area contributed by atoms with Gasteiger partial charge in [-0.15, -0.1) is 0 Å². The van der Waals surface area contributed by atoms with E-state index in [4.69, 9.17) is 5.11 Å². The Kier molecular flexibility index (Phi) is 9.70. The van der Waals surface area contributed by atoms with E-state index in [1.165, 1.54) is 5.56 Å². The van der Waals surface area contributed by atoms with Gasteiger partial charge in [0, 0.05) is 29.8 Å². The van der Waals surface area contributed by atoms with E-state index in [2.05, 4.69) is 26.0 Å². The molecule has 2 N–H and O–H groups in total. The van der Waals surface area contributed by atoms with E-state index in [-0.39, 0.29) is 17.8 Å². The molecule has 1 aromatic rings. The maximum absolute atomic E-state index is 12.3. The van der Waals surface area contributed by atoms with Crippen molar-refractivity contribution in [3.8, 4) is 0 Å². The first-order valence-electron chi connectivity index (χ1n) is 10.9. The van der Waals surface area contributed by atoms with Crippen molar-refractivity contribution in [1.29, 1.82) is 0 Å². The fraction of sp³-hybridized carbons (Fsp3) is 0.667. The first-order chi connectivity index (χ1) is 13.8. The van der Waals surface area contributed by atoms with Crippen molar-refractivity contribution in [1.82, 2.24) is 0 Å². The fourth-order valence-electron chi connectivity index (χ4n) is 4.10. The van der Waals surface area contributed by atoms with Gasteiger partial charge in [0.25, 0.3) is 0 Å². The topological polar surface area (TPSA) is 74.6 Å². The van der Waals surface area contributed by atoms with Crippen LogP contribution in [0.1, 0.15) is 70.8 Å². The van der Waals surface area contributed by atoms with E-state index >= 15 is 0 Å². The average molecular weight is 421 g/mol. The summed E-state index contributed by atoms with van der Waals surface area (Å²) in [5.41, 5.74) is 1.02. The van der Waals surface area contributed by atoms with Crippen molar-refractivity contribution >= 4 is 23.5 Å². The van der Waals surface area contributed by atoms with Gasteiger partial charge in [0.2, 0.25) is 0 Å². The molecule has 1 aliphatic carbocycles. The molecule has 0 saturated heterocycles. The molecule has 0 radical (unpaired) electrons. The molecule has 0 amide bonds. The molecule has 1 saturated carbocycles. The van der Waals surface area contributed by atoms with Crippen LogP contribution in [0.3, 0.4) is 0 Å². The molecular weight excluding hydrogens is 384 g/mol. The van der Waals surface area contributed by atoms with E-state index in [1.54, 1.807) is 11.8 Å². The number of hydrogen-bond donors (Lipinski definition) is 2. The van der Waals surface area contributed by atoms with Crippen LogP contribution in [0.15, 0.2) is 30.3 Å². The summed E-state index contributed by atoms with van der Waals surface area (Å²) in [5.74, 6) is 0.392. The quantitative estimate of drug-likeness (QED) is 0.433. The van der Waals surface area contributed by atoms with Crippen molar-refractivity contribution in [2.24, 2.45) is 11.3 Å². The molecule has 0 aromatic heterocycles. The molecule has 3 atom stereocenters. The van der Waals surface area contributed by atoms with Gasteiger partial charge < -0.3 is 10.2 Å². The second kappa shape index (κ2) is 11.8. The SMILES string of the molecule is CC(C)(Cc1ccccc1)C(O)CSC1CCC(=O)C1CCCCCCC(=O)O. The highest BCUT2D eigenvalue weighted by Gasteiger charge is 2.36. The summed E-state index contributed by atoms with van der Waals surface area (Å²) < 4.78 is 0. The predicted molar refractivity (Wildman–Crippen MR) is 119 cm³/mol. The number of aliphatic hydroxyl groups is 1. The smallest absolute Gasteiger partial charge is 0.303 e. The van der Waals surface area contributed by atoms with Gasteiger partial charge >= 0.3 is 5.97 Å². The number of thioether (sulfide) groups is 1. The molecule has 0 bridgehead atoms. The summed E-state index contributed by atoms with van der Waals surface area (Å²) in [6.07, 6.45) is 6.72. The van der Waals surface area contributed by atoms with Crippen LogP contribution in [-0.2, 0) is 16.0 Å². The fourth-order valence-corrected chi connectivity index (χ4v) is 5.78. The zero-order chi connectivity index (χ0) is 21.3. The van der Waals surface area contributed by atoms with Crippen LogP contribution in [0.5, 0.6) is 0 Å². The maximum atomic E-state index is 12.3. The average Bonchev–Trinajstić information content (AvgIpc) is 3.02. The number of benzene rings is 1. The summed E-state index contributed by atoms with van der Waals surface area (Å²) in [6.45, 7) is 4.22. The van der Waals surface area contributed by atoms with Gasteiger partial charge in [0.15, 0.2) is 0 Å². The normalized spacial score (nSPS) is 20.7. The van der Waals surface area contributed by atoms with Crippen LogP contribution in [0.25, 0.3) is 0 Å². The first kappa shape index (κ1) is 23.9. The number of ketones is 1. The first-order valence-corrected chi connectivity index (χ1v) is 11.9. The second-order valence-electron chi connectivity index (χ2n) is 9.00. The number of carboxylic acid groups (broad SMARTS) is 1. The van der Waals surface area contributed by atoms with Crippen LogP contribution >= 0.6 is 11.8 Å². The van der Waals surface area contributed by atoms with Crippen molar-refractivity contribution in [3.05, 3.63) is 35.9 Å². The molecule has 0 aliphatic heterocycles. The number of Topliss-reactive ketones (excluding diaryl/α,β-unsaturated/α-hetero) is 1. The standard InChI is InChI=1S/C24H36O4S/c1-24(2,16-18-10-6-5-7-11-18)22(26)17-29-21-15-14-20(25)19(21)12-8-3-4-9-13-23(27)28/h5-7,10-11,19,21-22,26H,3-4,8-9,12-17H2,1-2H3,(H,27,28). The summed E-state index contributed by atoms with van der Waals surface area (Å²) in [6, 6.07) is 10.3. The van der Waals surface area contributed by atoms with Crippen molar-refractivity contribution in [2.75, 3.05) is 5.75 Å². The number of rotatable bonds is 13. The molecular formula is C24H36O4S. The third-order valence-corrected chi connectivity index (χ3v) is 7.57. The number of aliphatic hydroxyl groups excluding tert-OH is 1. The third-order valence-electron chi connectivity index (χ3n) is 6.07. The maximum Gasteiger partial charge on any atom is 0.303 e. The number of aliphatic carboxylic acids is 1. The zero-order valence-corrected chi connectivity index (χ0v) is 18.6. The molecule has 0 spiro atoms. The van der Waals surface area contributed by atoms with Crippen LogP contribution in [-0.4, -0.2) is 39.1 Å². The summed E-state index contributed by atoms with van der Waals surface area (Å²) >= 11 is 1.77. The Hall–Kier alpha value is -1.33. The van der Waals surface area contributed by atoms with E-state index in [9.17, 15) is 14.7 Å². The lowest BCUT2D eigenvalue weighted by Crippen LogP contribution is -2.34. The highest BCUT2D eigenvalue weighted by atomic mass is 32.2. The molecule has 4 nitrogen and oxygen atoms in total. The molecule has 0 heterocycles. The molecule has 3 unspecified atom stereocenters. The number of unbranched alkanes of at least 4 members (excludes halogenated alkanes) is 3. The highest BCUT2D eigenvalue weighted by molar-refractivity contribution is 8.00. The molecule has 2 rings (SSSR count). The number of carbonyl (C=O) groups excluding carboxylic acids is 1. The van der Waals surface area contributed by atoms with E-state index in [1.807, 2.05) is 18.2 Å². The van der Waals surface area contributed by atoms with E-state index < -0.39 is 12.1 Å². The lowest BCUT2D eigenvalue weighted by Gasteiger charge is -2.31. The van der Waals surface area contributed by atoms with Crippen molar-refractivity contribution in [3.63, 3.8) is 0 Å². The molecule has 1 aliphatic rings. The zero-order valence-electron chi connectivity index (χ0n) is 17.8. The molecule has 1 aromatic carbocycles. The van der Waals surface area contributed by atoms with Crippen molar-refractivity contribution < 1.29 is 19.8 Å². The highest BCUT2D eigenvalue weighted by Crippen LogP contribution is 2.38. The number of carboxylic acids is 1. The molecule has 1 fully saturated rings.